The van der Waals surface area contributed by atoms with Gasteiger partial charge in [0.25, 0.3) is 0 Å². The van der Waals surface area contributed by atoms with Crippen molar-refractivity contribution < 1.29 is 4.79 Å². The highest BCUT2D eigenvalue weighted by molar-refractivity contribution is 5.73. The Bertz CT molecular complexity index is 230. The Hall–Kier alpha value is -1.36. The molecule has 2 heteroatoms. The third kappa shape index (κ3) is 5.10. The maximum atomic E-state index is 10.2. The van der Waals surface area contributed by atoms with Crippen LogP contribution in [0.2, 0.25) is 0 Å². The predicted octanol–water partition coefficient (Wildman–Crippen LogP) is 1.99. The third-order valence-electron chi connectivity index (χ3n) is 1.16. The quantitative estimate of drug-likeness (QED) is 0.350. The first kappa shape index (κ1) is 9.64. The topological polar surface area (TPSA) is 40.9 Å². The Morgan fingerprint density at radius 1 is 1.45 bits per heavy atom. The summed E-state index contributed by atoms with van der Waals surface area (Å²) < 4.78 is 0. The highest BCUT2D eigenvalue weighted by Gasteiger charge is 1.85. The van der Waals surface area contributed by atoms with Gasteiger partial charge in [-0.3, -0.25) is 4.79 Å². The van der Waals surface area contributed by atoms with Crippen LogP contribution in [0.15, 0.2) is 23.3 Å². The molecule has 0 radical (unpaired) electrons. The summed E-state index contributed by atoms with van der Waals surface area (Å²) in [4.78, 5) is 10.2. The number of rotatable bonds is 3. The molecule has 0 aromatic rings. The lowest BCUT2D eigenvalue weighted by Crippen LogP contribution is -1.77. The first-order valence-corrected chi connectivity index (χ1v) is 3.38. The van der Waals surface area contributed by atoms with E-state index in [1.807, 2.05) is 13.0 Å². The van der Waals surface area contributed by atoms with Crippen LogP contribution in [0.25, 0.3) is 0 Å². The molecule has 0 saturated heterocycles. The molecule has 0 unspecified atom stereocenters. The van der Waals surface area contributed by atoms with Crippen molar-refractivity contribution in [3.05, 3.63) is 23.3 Å². The molecule has 0 atom stereocenters. The van der Waals surface area contributed by atoms with E-state index in [2.05, 4.69) is 0 Å². The van der Waals surface area contributed by atoms with Gasteiger partial charge in [-0.15, -0.1) is 0 Å². The van der Waals surface area contributed by atoms with E-state index in [9.17, 15) is 4.79 Å². The van der Waals surface area contributed by atoms with Gasteiger partial charge in [-0.2, -0.15) is 5.26 Å². The maximum absolute atomic E-state index is 10.2. The molecular weight excluding hydrogens is 138 g/mol. The summed E-state index contributed by atoms with van der Waals surface area (Å²) in [5.74, 6) is 0. The summed E-state index contributed by atoms with van der Waals surface area (Å²) in [6, 6.07) is 2.00. The fraction of sp³-hybridized carbons (Fsp3) is 0.333. The van der Waals surface area contributed by atoms with E-state index in [0.717, 1.165) is 11.9 Å². The van der Waals surface area contributed by atoms with Crippen LogP contribution in [0.4, 0.5) is 0 Å². The van der Waals surface area contributed by atoms with Gasteiger partial charge in [-0.1, -0.05) is 17.7 Å². The third-order valence-corrected chi connectivity index (χ3v) is 1.16. The first-order chi connectivity index (χ1) is 5.20. The second-order valence-electron chi connectivity index (χ2n) is 2.32. The van der Waals surface area contributed by atoms with Crippen molar-refractivity contribution in [1.82, 2.24) is 0 Å². The average Bonchev–Trinajstić information content (AvgIpc) is 2.00. The van der Waals surface area contributed by atoms with Crippen LogP contribution < -0.4 is 0 Å². The van der Waals surface area contributed by atoms with E-state index in [-0.39, 0.29) is 0 Å². The fourth-order valence-electron chi connectivity index (χ4n) is 0.659. The summed E-state index contributed by atoms with van der Waals surface area (Å²) in [7, 11) is 0. The average molecular weight is 149 g/mol. The normalized spacial score (nSPS) is 12.5. The van der Waals surface area contributed by atoms with Crippen LogP contribution in [0, 0.1) is 11.3 Å². The molecular formula is C9H11NO. The number of allylic oxidation sites excluding steroid dienone is 4. The lowest BCUT2D eigenvalue weighted by Gasteiger charge is -1.89. The van der Waals surface area contributed by atoms with Crippen molar-refractivity contribution in [2.24, 2.45) is 0 Å². The van der Waals surface area contributed by atoms with Crippen LogP contribution in [-0.4, -0.2) is 6.29 Å². The van der Waals surface area contributed by atoms with Crippen molar-refractivity contribution in [2.75, 3.05) is 0 Å². The minimum Gasteiger partial charge on any atom is -0.298 e. The molecule has 11 heavy (non-hydrogen) atoms. The van der Waals surface area contributed by atoms with E-state index in [1.165, 1.54) is 0 Å². The molecule has 0 spiro atoms. The standard InChI is InChI=1S/C9H11NO/c1-8(4-3-5-10)6-9(2)7-11/h4,6-7H,3H2,1-2H3/b8-4+,9-6+. The van der Waals surface area contributed by atoms with E-state index in [0.29, 0.717) is 12.0 Å². The highest BCUT2D eigenvalue weighted by atomic mass is 16.1. The Balaban J connectivity index is 4.16. The summed E-state index contributed by atoms with van der Waals surface area (Å²) in [5.41, 5.74) is 1.63. The molecule has 0 N–H and O–H groups in total. The smallest absolute Gasteiger partial charge is 0.145 e. The van der Waals surface area contributed by atoms with E-state index < -0.39 is 0 Å². The number of aldehydes is 1. The lowest BCUT2D eigenvalue weighted by atomic mass is 10.2. The molecule has 0 bridgehead atoms. The predicted molar refractivity (Wildman–Crippen MR) is 43.8 cm³/mol. The fourth-order valence-corrected chi connectivity index (χ4v) is 0.659. The zero-order chi connectivity index (χ0) is 8.69. The number of carbonyl (C=O) groups excluding carboxylic acids is 1. The van der Waals surface area contributed by atoms with Gasteiger partial charge in [-0.25, -0.2) is 0 Å². The van der Waals surface area contributed by atoms with Crippen molar-refractivity contribution in [3.63, 3.8) is 0 Å². The van der Waals surface area contributed by atoms with Gasteiger partial charge in [0.05, 0.1) is 12.5 Å². The molecule has 0 amide bonds. The second kappa shape index (κ2) is 5.43. The summed E-state index contributed by atoms with van der Waals surface area (Å²) >= 11 is 0. The molecule has 0 aliphatic rings. The van der Waals surface area contributed by atoms with Crippen LogP contribution >= 0.6 is 0 Å². The van der Waals surface area contributed by atoms with Gasteiger partial charge in [-0.05, 0) is 19.4 Å². The number of hydrogen-bond donors (Lipinski definition) is 0. The zero-order valence-corrected chi connectivity index (χ0v) is 6.79. The van der Waals surface area contributed by atoms with Gasteiger partial charge >= 0.3 is 0 Å². The Labute approximate surface area is 66.8 Å². The molecule has 58 valence electrons. The SMILES string of the molecule is C/C(C=O)=C\C(C)=C\CC#N. The highest BCUT2D eigenvalue weighted by Crippen LogP contribution is 2.00. The van der Waals surface area contributed by atoms with Crippen LogP contribution in [0.3, 0.4) is 0 Å². The minimum absolute atomic E-state index is 0.397. The van der Waals surface area contributed by atoms with Crippen LogP contribution in [0.1, 0.15) is 20.3 Å². The van der Waals surface area contributed by atoms with Crippen molar-refractivity contribution >= 4 is 6.29 Å². The zero-order valence-electron chi connectivity index (χ0n) is 6.79. The number of carbonyl (C=O) groups is 1. The molecule has 2 nitrogen and oxygen atoms in total. The van der Waals surface area contributed by atoms with Gasteiger partial charge in [0.1, 0.15) is 6.29 Å². The van der Waals surface area contributed by atoms with Gasteiger partial charge in [0.15, 0.2) is 0 Å². The van der Waals surface area contributed by atoms with Gasteiger partial charge < -0.3 is 0 Å². The molecule has 0 saturated carbocycles. The van der Waals surface area contributed by atoms with Crippen molar-refractivity contribution in [3.8, 4) is 6.07 Å². The number of nitrogens with zero attached hydrogens (tertiary/aromatic N) is 1. The molecule has 0 fully saturated rings. The number of hydrogen-bond acceptors (Lipinski definition) is 2. The molecule has 0 aliphatic carbocycles. The molecule has 0 aromatic heterocycles. The summed E-state index contributed by atoms with van der Waals surface area (Å²) in [6.07, 6.45) is 4.73. The monoisotopic (exact) mass is 149 g/mol. The van der Waals surface area contributed by atoms with Gasteiger partial charge in [0.2, 0.25) is 0 Å². The molecule has 0 aromatic carbocycles. The lowest BCUT2D eigenvalue weighted by molar-refractivity contribution is -0.104. The maximum Gasteiger partial charge on any atom is 0.145 e. The van der Waals surface area contributed by atoms with E-state index in [1.54, 1.807) is 19.1 Å². The Morgan fingerprint density at radius 2 is 2.09 bits per heavy atom. The largest absolute Gasteiger partial charge is 0.298 e. The second-order valence-corrected chi connectivity index (χ2v) is 2.32. The Kier molecular flexibility index (Phi) is 4.76. The van der Waals surface area contributed by atoms with E-state index >= 15 is 0 Å². The summed E-state index contributed by atoms with van der Waals surface area (Å²) in [6.45, 7) is 3.60. The van der Waals surface area contributed by atoms with E-state index in [4.69, 9.17) is 5.26 Å². The summed E-state index contributed by atoms with van der Waals surface area (Å²) in [5, 5.41) is 8.22. The molecule has 0 rings (SSSR count). The first-order valence-electron chi connectivity index (χ1n) is 3.38. The van der Waals surface area contributed by atoms with Crippen LogP contribution in [-0.2, 0) is 4.79 Å². The number of nitriles is 1. The molecule has 0 aliphatic heterocycles. The Morgan fingerprint density at radius 3 is 2.55 bits per heavy atom. The van der Waals surface area contributed by atoms with Crippen LogP contribution in [0.5, 0.6) is 0 Å². The molecule has 0 heterocycles. The minimum atomic E-state index is 0.397. The van der Waals surface area contributed by atoms with Crippen molar-refractivity contribution in [2.45, 2.75) is 20.3 Å². The van der Waals surface area contributed by atoms with Gasteiger partial charge in [0, 0.05) is 0 Å². The van der Waals surface area contributed by atoms with Crippen molar-refractivity contribution in [1.29, 1.82) is 5.26 Å².